The summed E-state index contributed by atoms with van der Waals surface area (Å²) in [6.45, 7) is 1.79. The summed E-state index contributed by atoms with van der Waals surface area (Å²) in [5.74, 6) is 0. The SMILES string of the molecule is CNCc1cc(Br)ccc1N(C)Cc1cc(Br)cs1. The molecule has 0 radical (unpaired) electrons. The first kappa shape index (κ1) is 15.0. The number of halogens is 2. The molecule has 0 saturated carbocycles. The molecule has 0 saturated heterocycles. The molecule has 0 fully saturated rings. The number of thiophene rings is 1. The summed E-state index contributed by atoms with van der Waals surface area (Å²) in [5, 5.41) is 5.35. The molecule has 2 nitrogen and oxygen atoms in total. The highest BCUT2D eigenvalue weighted by atomic mass is 79.9. The Bertz CT molecular complexity index is 554. The van der Waals surface area contributed by atoms with Crippen molar-refractivity contribution < 1.29 is 0 Å². The van der Waals surface area contributed by atoms with Gasteiger partial charge in [0.25, 0.3) is 0 Å². The molecule has 102 valence electrons. The molecule has 1 N–H and O–H groups in total. The largest absolute Gasteiger partial charge is 0.369 e. The van der Waals surface area contributed by atoms with E-state index in [1.165, 1.54) is 16.1 Å². The molecule has 0 unspecified atom stereocenters. The molecule has 1 aromatic heterocycles. The van der Waals surface area contributed by atoms with Crippen molar-refractivity contribution in [3.63, 3.8) is 0 Å². The number of nitrogens with zero attached hydrogens (tertiary/aromatic N) is 1. The third-order valence-electron chi connectivity index (χ3n) is 2.83. The van der Waals surface area contributed by atoms with Crippen molar-refractivity contribution in [2.45, 2.75) is 13.1 Å². The second-order valence-corrected chi connectivity index (χ2v) is 7.22. The van der Waals surface area contributed by atoms with Crippen LogP contribution in [0, 0.1) is 0 Å². The van der Waals surface area contributed by atoms with Crippen LogP contribution in [0.4, 0.5) is 5.69 Å². The number of hydrogen-bond acceptors (Lipinski definition) is 3. The van der Waals surface area contributed by atoms with Gasteiger partial charge >= 0.3 is 0 Å². The maximum absolute atomic E-state index is 3.54. The average molecular weight is 404 g/mol. The van der Waals surface area contributed by atoms with Gasteiger partial charge in [0.2, 0.25) is 0 Å². The van der Waals surface area contributed by atoms with E-state index >= 15 is 0 Å². The van der Waals surface area contributed by atoms with Crippen LogP contribution in [0.25, 0.3) is 0 Å². The summed E-state index contributed by atoms with van der Waals surface area (Å²) in [7, 11) is 4.11. The lowest BCUT2D eigenvalue weighted by molar-refractivity contribution is 0.806. The maximum Gasteiger partial charge on any atom is 0.0520 e. The fourth-order valence-electron chi connectivity index (χ4n) is 2.01. The van der Waals surface area contributed by atoms with Crippen LogP contribution in [0.5, 0.6) is 0 Å². The Morgan fingerprint density at radius 3 is 2.63 bits per heavy atom. The Balaban J connectivity index is 2.20. The highest BCUT2D eigenvalue weighted by molar-refractivity contribution is 9.10. The second kappa shape index (κ2) is 6.88. The van der Waals surface area contributed by atoms with E-state index in [0.29, 0.717) is 0 Å². The Kier molecular flexibility index (Phi) is 5.45. The lowest BCUT2D eigenvalue weighted by Crippen LogP contribution is -2.19. The molecule has 0 spiro atoms. The van der Waals surface area contributed by atoms with E-state index in [9.17, 15) is 0 Å². The summed E-state index contributed by atoms with van der Waals surface area (Å²) < 4.78 is 2.28. The number of nitrogens with one attached hydrogen (secondary N) is 1. The highest BCUT2D eigenvalue weighted by Gasteiger charge is 2.09. The minimum atomic E-state index is 0.868. The third kappa shape index (κ3) is 4.05. The standard InChI is InChI=1S/C14H16Br2N2S/c1-17-7-10-5-11(15)3-4-14(10)18(2)8-13-6-12(16)9-19-13/h3-6,9,17H,7-8H2,1-2H3. The average Bonchev–Trinajstić information content (AvgIpc) is 2.75. The lowest BCUT2D eigenvalue weighted by atomic mass is 10.1. The monoisotopic (exact) mass is 402 g/mol. The van der Waals surface area contributed by atoms with Gasteiger partial charge in [-0.1, -0.05) is 15.9 Å². The number of anilines is 1. The van der Waals surface area contributed by atoms with Crippen molar-refractivity contribution >= 4 is 48.9 Å². The van der Waals surface area contributed by atoms with Crippen molar-refractivity contribution in [2.75, 3.05) is 19.0 Å². The van der Waals surface area contributed by atoms with Crippen molar-refractivity contribution in [3.8, 4) is 0 Å². The van der Waals surface area contributed by atoms with Gasteiger partial charge in [0.15, 0.2) is 0 Å². The first-order valence-corrected chi connectivity index (χ1v) is 8.44. The molecule has 0 aliphatic carbocycles. The van der Waals surface area contributed by atoms with E-state index in [-0.39, 0.29) is 0 Å². The molecule has 0 aliphatic heterocycles. The van der Waals surface area contributed by atoms with Crippen LogP contribution in [-0.4, -0.2) is 14.1 Å². The first-order chi connectivity index (χ1) is 9.10. The van der Waals surface area contributed by atoms with Crippen LogP contribution in [0.1, 0.15) is 10.4 Å². The Morgan fingerprint density at radius 1 is 1.21 bits per heavy atom. The van der Waals surface area contributed by atoms with Gasteiger partial charge in [-0.3, -0.25) is 0 Å². The van der Waals surface area contributed by atoms with E-state index in [1.54, 1.807) is 11.3 Å². The summed E-state index contributed by atoms with van der Waals surface area (Å²) in [6, 6.07) is 8.61. The van der Waals surface area contributed by atoms with Crippen molar-refractivity contribution in [2.24, 2.45) is 0 Å². The predicted octanol–water partition coefficient (Wildman–Crippen LogP) is 4.63. The van der Waals surface area contributed by atoms with Gasteiger partial charge in [-0.25, -0.2) is 0 Å². The summed E-state index contributed by atoms with van der Waals surface area (Å²) in [4.78, 5) is 3.64. The smallest absolute Gasteiger partial charge is 0.0520 e. The molecular weight excluding hydrogens is 388 g/mol. The molecule has 0 atom stereocenters. The van der Waals surface area contributed by atoms with Crippen LogP contribution >= 0.6 is 43.2 Å². The molecule has 2 rings (SSSR count). The zero-order valence-corrected chi connectivity index (χ0v) is 14.9. The Morgan fingerprint density at radius 2 is 2.00 bits per heavy atom. The molecule has 1 aromatic carbocycles. The van der Waals surface area contributed by atoms with Gasteiger partial charge < -0.3 is 10.2 Å². The zero-order valence-electron chi connectivity index (χ0n) is 10.9. The molecular formula is C14H16Br2N2S. The van der Waals surface area contributed by atoms with E-state index in [2.05, 4.69) is 78.8 Å². The predicted molar refractivity (Wildman–Crippen MR) is 91.0 cm³/mol. The number of benzene rings is 1. The zero-order chi connectivity index (χ0) is 13.8. The van der Waals surface area contributed by atoms with Crippen LogP contribution in [0.15, 0.2) is 38.6 Å². The maximum atomic E-state index is 3.54. The lowest BCUT2D eigenvalue weighted by Gasteiger charge is -2.22. The quantitative estimate of drug-likeness (QED) is 0.782. The Hall–Kier alpha value is -0.360. The normalized spacial score (nSPS) is 10.7. The van der Waals surface area contributed by atoms with Crippen LogP contribution in [0.3, 0.4) is 0 Å². The van der Waals surface area contributed by atoms with Crippen molar-refractivity contribution in [3.05, 3.63) is 49.0 Å². The molecule has 5 heteroatoms. The van der Waals surface area contributed by atoms with Gasteiger partial charge in [-0.2, -0.15) is 0 Å². The second-order valence-electron chi connectivity index (χ2n) is 4.39. The first-order valence-electron chi connectivity index (χ1n) is 5.97. The fraction of sp³-hybridized carbons (Fsp3) is 0.286. The highest BCUT2D eigenvalue weighted by Crippen LogP contribution is 2.27. The fourth-order valence-corrected chi connectivity index (χ4v) is 3.93. The van der Waals surface area contributed by atoms with Crippen LogP contribution in [0.2, 0.25) is 0 Å². The third-order valence-corrected chi connectivity index (χ3v) is 5.01. The van der Waals surface area contributed by atoms with Gasteiger partial charge in [0.1, 0.15) is 0 Å². The molecule has 0 amide bonds. The topological polar surface area (TPSA) is 15.3 Å². The number of rotatable bonds is 5. The molecule has 1 heterocycles. The minimum absolute atomic E-state index is 0.868. The summed E-state index contributed by atoms with van der Waals surface area (Å²) in [6.07, 6.45) is 0. The van der Waals surface area contributed by atoms with E-state index < -0.39 is 0 Å². The van der Waals surface area contributed by atoms with Gasteiger partial charge in [-0.15, -0.1) is 11.3 Å². The summed E-state index contributed by atoms with van der Waals surface area (Å²) in [5.41, 5.74) is 2.57. The van der Waals surface area contributed by atoms with Gasteiger partial charge in [-0.05, 0) is 52.8 Å². The van der Waals surface area contributed by atoms with Crippen LogP contribution in [-0.2, 0) is 13.1 Å². The summed E-state index contributed by atoms with van der Waals surface area (Å²) >= 11 is 8.82. The van der Waals surface area contributed by atoms with E-state index in [1.807, 2.05) is 7.05 Å². The van der Waals surface area contributed by atoms with Gasteiger partial charge in [0, 0.05) is 38.5 Å². The van der Waals surface area contributed by atoms with Crippen molar-refractivity contribution in [1.82, 2.24) is 5.32 Å². The van der Waals surface area contributed by atoms with Crippen molar-refractivity contribution in [1.29, 1.82) is 0 Å². The van der Waals surface area contributed by atoms with Crippen LogP contribution < -0.4 is 10.2 Å². The molecule has 2 aromatic rings. The minimum Gasteiger partial charge on any atom is -0.369 e. The molecule has 19 heavy (non-hydrogen) atoms. The Labute approximate surface area is 135 Å². The van der Waals surface area contributed by atoms with E-state index in [0.717, 1.165) is 22.0 Å². The number of hydrogen-bond donors (Lipinski definition) is 1. The molecule has 0 aliphatic rings. The molecule has 0 bridgehead atoms. The van der Waals surface area contributed by atoms with Gasteiger partial charge in [0.05, 0.1) is 6.54 Å². The van der Waals surface area contributed by atoms with E-state index in [4.69, 9.17) is 0 Å².